The molecule has 0 bridgehead atoms. The fourth-order valence-electron chi connectivity index (χ4n) is 1.54. The predicted octanol–water partition coefficient (Wildman–Crippen LogP) is 1.56. The van der Waals surface area contributed by atoms with Crippen LogP contribution >= 0.6 is 15.9 Å². The van der Waals surface area contributed by atoms with Crippen molar-refractivity contribution in [1.29, 1.82) is 0 Å². The molecule has 1 aromatic rings. The summed E-state index contributed by atoms with van der Waals surface area (Å²) in [5.41, 5.74) is 0.733. The molecular formula is C11H19BrN2O2. The number of halogens is 1. The first-order valence-electron chi connectivity index (χ1n) is 5.38. The molecule has 2 unspecified atom stereocenters. The second kappa shape index (κ2) is 4.85. The van der Waals surface area contributed by atoms with E-state index in [1.165, 1.54) is 0 Å². The molecule has 0 aliphatic carbocycles. The summed E-state index contributed by atoms with van der Waals surface area (Å²) in [4.78, 5) is 0. The van der Waals surface area contributed by atoms with Crippen LogP contribution in [0.25, 0.3) is 0 Å². The third-order valence-corrected chi connectivity index (χ3v) is 4.11. The van der Waals surface area contributed by atoms with Crippen LogP contribution in [0.1, 0.15) is 31.7 Å². The summed E-state index contributed by atoms with van der Waals surface area (Å²) in [6, 6.07) is 0. The third kappa shape index (κ3) is 2.64. The van der Waals surface area contributed by atoms with Crippen LogP contribution in [0.4, 0.5) is 0 Å². The minimum Gasteiger partial charge on any atom is -0.390 e. The second-order valence-electron chi connectivity index (χ2n) is 4.40. The molecule has 0 spiro atoms. The van der Waals surface area contributed by atoms with Crippen LogP contribution in [0.5, 0.6) is 0 Å². The van der Waals surface area contributed by atoms with Gasteiger partial charge in [-0.3, -0.25) is 4.68 Å². The van der Waals surface area contributed by atoms with E-state index in [4.69, 9.17) is 0 Å². The van der Waals surface area contributed by atoms with Gasteiger partial charge >= 0.3 is 0 Å². The monoisotopic (exact) mass is 290 g/mol. The first-order valence-corrected chi connectivity index (χ1v) is 6.17. The van der Waals surface area contributed by atoms with Crippen molar-refractivity contribution in [3.63, 3.8) is 0 Å². The van der Waals surface area contributed by atoms with Gasteiger partial charge in [0.05, 0.1) is 27.6 Å². The highest BCUT2D eigenvalue weighted by molar-refractivity contribution is 9.10. The van der Waals surface area contributed by atoms with Gasteiger partial charge in [0.1, 0.15) is 0 Å². The van der Waals surface area contributed by atoms with E-state index in [9.17, 15) is 10.2 Å². The molecule has 2 N–H and O–H groups in total. The van der Waals surface area contributed by atoms with Gasteiger partial charge in [-0.1, -0.05) is 6.92 Å². The lowest BCUT2D eigenvalue weighted by Crippen LogP contribution is -2.40. The number of aromatic nitrogens is 2. The SMILES string of the molecule is CCC(C)(O)C(O)Cc1c(Br)c(C)nn1C. The zero-order chi connectivity index (χ0) is 12.5. The predicted molar refractivity (Wildman–Crippen MR) is 66.3 cm³/mol. The van der Waals surface area contributed by atoms with Gasteiger partial charge in [-0.25, -0.2) is 0 Å². The topological polar surface area (TPSA) is 58.3 Å². The maximum absolute atomic E-state index is 9.98. The Bertz CT molecular complexity index is 374. The molecule has 0 aromatic carbocycles. The lowest BCUT2D eigenvalue weighted by Gasteiger charge is -2.27. The van der Waals surface area contributed by atoms with Gasteiger partial charge in [0.25, 0.3) is 0 Å². The number of aliphatic hydroxyl groups excluding tert-OH is 1. The zero-order valence-electron chi connectivity index (χ0n) is 10.2. The molecule has 0 saturated heterocycles. The number of aliphatic hydroxyl groups is 2. The van der Waals surface area contributed by atoms with Gasteiger partial charge in [0.2, 0.25) is 0 Å². The molecule has 0 amide bonds. The first-order chi connectivity index (χ1) is 7.29. The Kier molecular flexibility index (Phi) is 4.15. The highest BCUT2D eigenvalue weighted by Crippen LogP contribution is 2.25. The number of nitrogens with zero attached hydrogens (tertiary/aromatic N) is 2. The summed E-state index contributed by atoms with van der Waals surface area (Å²) in [6.07, 6.45) is 0.116. The molecule has 0 fully saturated rings. The molecule has 16 heavy (non-hydrogen) atoms. The fourth-order valence-corrected chi connectivity index (χ4v) is 2.04. The van der Waals surface area contributed by atoms with Crippen molar-refractivity contribution in [2.75, 3.05) is 0 Å². The smallest absolute Gasteiger partial charge is 0.0879 e. The molecule has 4 nitrogen and oxygen atoms in total. The Hall–Kier alpha value is -0.390. The van der Waals surface area contributed by atoms with Crippen molar-refractivity contribution < 1.29 is 10.2 Å². The molecule has 1 heterocycles. The van der Waals surface area contributed by atoms with E-state index < -0.39 is 11.7 Å². The van der Waals surface area contributed by atoms with E-state index in [-0.39, 0.29) is 0 Å². The normalized spacial score (nSPS) is 17.2. The number of rotatable bonds is 4. The van der Waals surface area contributed by atoms with Crippen LogP contribution in [0.2, 0.25) is 0 Å². The zero-order valence-corrected chi connectivity index (χ0v) is 11.7. The first kappa shape index (κ1) is 13.7. The lowest BCUT2D eigenvalue weighted by molar-refractivity contribution is -0.0637. The molecule has 0 aliphatic heterocycles. The summed E-state index contributed by atoms with van der Waals surface area (Å²) >= 11 is 3.44. The molecule has 1 aromatic heterocycles. The number of hydrogen-bond acceptors (Lipinski definition) is 3. The molecule has 0 aliphatic rings. The molecule has 0 saturated carbocycles. The van der Waals surface area contributed by atoms with Gasteiger partial charge in [0.15, 0.2) is 0 Å². The molecular weight excluding hydrogens is 272 g/mol. The molecule has 0 radical (unpaired) electrons. The van der Waals surface area contributed by atoms with Crippen LogP contribution in [-0.2, 0) is 13.5 Å². The molecule has 2 atom stereocenters. The van der Waals surface area contributed by atoms with E-state index in [1.54, 1.807) is 11.6 Å². The van der Waals surface area contributed by atoms with Crippen molar-refractivity contribution in [2.24, 2.45) is 7.05 Å². The molecule has 5 heteroatoms. The highest BCUT2D eigenvalue weighted by atomic mass is 79.9. The van der Waals surface area contributed by atoms with Crippen LogP contribution in [0.15, 0.2) is 4.47 Å². The maximum Gasteiger partial charge on any atom is 0.0879 e. The summed E-state index contributed by atoms with van der Waals surface area (Å²) < 4.78 is 2.63. The summed E-state index contributed by atoms with van der Waals surface area (Å²) in [6.45, 7) is 5.40. The van der Waals surface area contributed by atoms with Gasteiger partial charge in [-0.15, -0.1) is 0 Å². The van der Waals surface area contributed by atoms with E-state index in [2.05, 4.69) is 21.0 Å². The van der Waals surface area contributed by atoms with Crippen LogP contribution in [0.3, 0.4) is 0 Å². The number of hydrogen-bond donors (Lipinski definition) is 2. The average molecular weight is 291 g/mol. The Balaban J connectivity index is 2.89. The molecule has 92 valence electrons. The van der Waals surface area contributed by atoms with Crippen molar-refractivity contribution in [3.8, 4) is 0 Å². The summed E-state index contributed by atoms with van der Waals surface area (Å²) in [7, 11) is 1.83. The maximum atomic E-state index is 9.98. The second-order valence-corrected chi connectivity index (χ2v) is 5.19. The van der Waals surface area contributed by atoms with Gasteiger partial charge in [-0.2, -0.15) is 5.10 Å². The highest BCUT2D eigenvalue weighted by Gasteiger charge is 2.30. The third-order valence-electron chi connectivity index (χ3n) is 3.08. The van der Waals surface area contributed by atoms with E-state index in [0.717, 1.165) is 15.9 Å². The molecule has 1 rings (SSSR count). The Morgan fingerprint density at radius 2 is 2.12 bits per heavy atom. The summed E-state index contributed by atoms with van der Waals surface area (Å²) in [5, 5.41) is 24.2. The fraction of sp³-hybridized carbons (Fsp3) is 0.727. The number of aryl methyl sites for hydroxylation is 2. The van der Waals surface area contributed by atoms with Gasteiger partial charge in [-0.05, 0) is 36.2 Å². The largest absolute Gasteiger partial charge is 0.390 e. The van der Waals surface area contributed by atoms with Crippen molar-refractivity contribution >= 4 is 15.9 Å². The Morgan fingerprint density at radius 1 is 1.56 bits per heavy atom. The quantitative estimate of drug-likeness (QED) is 0.885. The van der Waals surface area contributed by atoms with Gasteiger partial charge < -0.3 is 10.2 Å². The average Bonchev–Trinajstić information content (AvgIpc) is 2.45. The van der Waals surface area contributed by atoms with Gasteiger partial charge in [0, 0.05) is 13.5 Å². The van der Waals surface area contributed by atoms with Crippen LogP contribution < -0.4 is 0 Å². The van der Waals surface area contributed by atoms with Crippen molar-refractivity contribution in [1.82, 2.24) is 9.78 Å². The Morgan fingerprint density at radius 3 is 2.50 bits per heavy atom. The van der Waals surface area contributed by atoms with Crippen LogP contribution in [0, 0.1) is 6.92 Å². The van der Waals surface area contributed by atoms with Crippen molar-refractivity contribution in [3.05, 3.63) is 15.9 Å². The van der Waals surface area contributed by atoms with E-state index in [0.29, 0.717) is 12.8 Å². The van der Waals surface area contributed by atoms with Crippen molar-refractivity contribution in [2.45, 2.75) is 45.3 Å². The minimum atomic E-state index is -1.06. The van der Waals surface area contributed by atoms with E-state index in [1.807, 2.05) is 20.9 Å². The van der Waals surface area contributed by atoms with E-state index >= 15 is 0 Å². The van der Waals surface area contributed by atoms with Crippen LogP contribution in [-0.4, -0.2) is 31.7 Å². The summed E-state index contributed by atoms with van der Waals surface area (Å²) in [5.74, 6) is 0. The minimum absolute atomic E-state index is 0.388. The lowest BCUT2D eigenvalue weighted by atomic mass is 9.93. The Labute approximate surface area is 104 Å². The standard InChI is InChI=1S/C11H19BrN2O2/c1-5-11(3,16)9(15)6-8-10(12)7(2)13-14(8)4/h9,15-16H,5-6H2,1-4H3.